The molecule has 1 saturated carbocycles. The first-order valence-corrected chi connectivity index (χ1v) is 5.69. The molecule has 0 aromatic heterocycles. The Bertz CT molecular complexity index is 217. The van der Waals surface area contributed by atoms with E-state index in [1.165, 1.54) is 6.42 Å². The Kier molecular flexibility index (Phi) is 2.77. The molecule has 3 nitrogen and oxygen atoms in total. The molecule has 0 bridgehead atoms. The lowest BCUT2D eigenvalue weighted by atomic mass is 9.73. The topological polar surface area (TPSA) is 40.5 Å². The van der Waals surface area contributed by atoms with E-state index in [4.69, 9.17) is 0 Å². The number of carbonyl (C=O) groups excluding carboxylic acids is 1. The van der Waals surface area contributed by atoms with E-state index in [2.05, 4.69) is 0 Å². The quantitative estimate of drug-likeness (QED) is 0.721. The highest BCUT2D eigenvalue weighted by Crippen LogP contribution is 2.38. The maximum atomic E-state index is 12.1. The zero-order valence-electron chi connectivity index (χ0n) is 8.67. The summed E-state index contributed by atoms with van der Waals surface area (Å²) >= 11 is 0. The molecule has 2 aliphatic rings. The van der Waals surface area contributed by atoms with Gasteiger partial charge in [0.15, 0.2) is 0 Å². The van der Waals surface area contributed by atoms with Crippen molar-refractivity contribution in [2.75, 3.05) is 19.7 Å². The number of carbonyl (C=O) groups is 1. The van der Waals surface area contributed by atoms with Crippen molar-refractivity contribution in [3.8, 4) is 0 Å². The van der Waals surface area contributed by atoms with E-state index in [0.29, 0.717) is 0 Å². The summed E-state index contributed by atoms with van der Waals surface area (Å²) in [6.45, 7) is 1.85. The molecule has 0 atom stereocenters. The van der Waals surface area contributed by atoms with Crippen LogP contribution < -0.4 is 0 Å². The van der Waals surface area contributed by atoms with E-state index in [0.717, 1.165) is 45.2 Å². The van der Waals surface area contributed by atoms with Crippen LogP contribution in [0.3, 0.4) is 0 Å². The van der Waals surface area contributed by atoms with E-state index in [1.807, 2.05) is 4.90 Å². The van der Waals surface area contributed by atoms with Gasteiger partial charge >= 0.3 is 0 Å². The molecule has 1 aliphatic heterocycles. The molecule has 0 unspecified atom stereocenters. The van der Waals surface area contributed by atoms with Gasteiger partial charge in [-0.1, -0.05) is 19.3 Å². The molecule has 1 aliphatic carbocycles. The fourth-order valence-electron chi connectivity index (χ4n) is 2.52. The zero-order chi connectivity index (χ0) is 10.0. The van der Waals surface area contributed by atoms with Gasteiger partial charge in [-0.25, -0.2) is 0 Å². The second-order valence-corrected chi connectivity index (χ2v) is 4.64. The van der Waals surface area contributed by atoms with Gasteiger partial charge in [-0.05, 0) is 19.3 Å². The Balaban J connectivity index is 2.05. The van der Waals surface area contributed by atoms with Gasteiger partial charge in [-0.2, -0.15) is 0 Å². The monoisotopic (exact) mass is 197 g/mol. The largest absolute Gasteiger partial charge is 0.395 e. The highest BCUT2D eigenvalue weighted by atomic mass is 16.3. The van der Waals surface area contributed by atoms with Crippen LogP contribution in [-0.4, -0.2) is 35.6 Å². The van der Waals surface area contributed by atoms with Gasteiger partial charge in [0.1, 0.15) is 0 Å². The fraction of sp³-hybridized carbons (Fsp3) is 0.909. The molecule has 14 heavy (non-hydrogen) atoms. The first kappa shape index (κ1) is 9.97. The number of aliphatic hydroxyl groups is 1. The zero-order valence-corrected chi connectivity index (χ0v) is 8.67. The molecular formula is C11H19NO2. The molecule has 1 amide bonds. The lowest BCUT2D eigenvalue weighted by molar-refractivity contribution is -0.150. The number of amides is 1. The molecule has 2 rings (SSSR count). The Labute approximate surface area is 85.1 Å². The third kappa shape index (κ3) is 1.54. The minimum Gasteiger partial charge on any atom is -0.395 e. The fourth-order valence-corrected chi connectivity index (χ4v) is 2.52. The van der Waals surface area contributed by atoms with Crippen molar-refractivity contribution in [2.24, 2.45) is 5.41 Å². The average Bonchev–Trinajstić information content (AvgIpc) is 2.16. The number of aliphatic hydroxyl groups excluding tert-OH is 1. The van der Waals surface area contributed by atoms with Crippen LogP contribution in [0.2, 0.25) is 0 Å². The number of rotatable bonds is 2. The van der Waals surface area contributed by atoms with Crippen LogP contribution in [0.1, 0.15) is 38.5 Å². The van der Waals surface area contributed by atoms with E-state index < -0.39 is 5.41 Å². The van der Waals surface area contributed by atoms with E-state index in [-0.39, 0.29) is 12.5 Å². The number of likely N-dealkylation sites (tertiary alicyclic amines) is 1. The normalized spacial score (nSPS) is 25.6. The second kappa shape index (κ2) is 3.89. The van der Waals surface area contributed by atoms with Gasteiger partial charge in [0.05, 0.1) is 12.0 Å². The highest BCUT2D eigenvalue weighted by Gasteiger charge is 2.42. The molecule has 80 valence electrons. The molecular weight excluding hydrogens is 178 g/mol. The van der Waals surface area contributed by atoms with Gasteiger partial charge in [0.2, 0.25) is 5.91 Å². The summed E-state index contributed by atoms with van der Waals surface area (Å²) in [6.07, 6.45) is 6.32. The summed E-state index contributed by atoms with van der Waals surface area (Å²) in [5, 5.41) is 9.43. The number of nitrogens with zero attached hydrogens (tertiary/aromatic N) is 1. The van der Waals surface area contributed by atoms with Crippen molar-refractivity contribution >= 4 is 5.91 Å². The summed E-state index contributed by atoms with van der Waals surface area (Å²) in [6, 6.07) is 0. The predicted octanol–water partition coefficient (Wildman–Crippen LogP) is 1.16. The second-order valence-electron chi connectivity index (χ2n) is 4.64. The molecule has 0 aromatic carbocycles. The Morgan fingerprint density at radius 3 is 2.21 bits per heavy atom. The van der Waals surface area contributed by atoms with E-state index in [9.17, 15) is 9.90 Å². The van der Waals surface area contributed by atoms with Gasteiger partial charge in [0, 0.05) is 13.1 Å². The summed E-state index contributed by atoms with van der Waals surface area (Å²) in [5.74, 6) is 0.214. The molecule has 1 heterocycles. The number of hydrogen-bond donors (Lipinski definition) is 1. The van der Waals surface area contributed by atoms with Crippen molar-refractivity contribution in [2.45, 2.75) is 38.5 Å². The molecule has 0 aromatic rings. The molecule has 2 fully saturated rings. The van der Waals surface area contributed by atoms with Gasteiger partial charge in [0.25, 0.3) is 0 Å². The maximum Gasteiger partial charge on any atom is 0.231 e. The third-order valence-corrected chi connectivity index (χ3v) is 3.71. The molecule has 1 saturated heterocycles. The minimum atomic E-state index is -0.404. The molecule has 1 N–H and O–H groups in total. The van der Waals surface area contributed by atoms with Crippen LogP contribution in [-0.2, 0) is 4.79 Å². The standard InChI is InChI=1S/C11H19NO2/c13-9-11(5-2-1-3-6-11)10(14)12-7-4-8-12/h13H,1-9H2. The molecule has 0 spiro atoms. The summed E-state index contributed by atoms with van der Waals surface area (Å²) in [7, 11) is 0. The first-order valence-electron chi connectivity index (χ1n) is 5.69. The van der Waals surface area contributed by atoms with Gasteiger partial charge < -0.3 is 10.0 Å². The summed E-state index contributed by atoms with van der Waals surface area (Å²) in [5.41, 5.74) is -0.404. The molecule has 3 heteroatoms. The summed E-state index contributed by atoms with van der Waals surface area (Å²) < 4.78 is 0. The first-order chi connectivity index (χ1) is 6.78. The van der Waals surface area contributed by atoms with Crippen molar-refractivity contribution in [1.29, 1.82) is 0 Å². The number of hydrogen-bond acceptors (Lipinski definition) is 2. The van der Waals surface area contributed by atoms with Crippen LogP contribution in [0.25, 0.3) is 0 Å². The van der Waals surface area contributed by atoms with Gasteiger partial charge in [-0.15, -0.1) is 0 Å². The van der Waals surface area contributed by atoms with E-state index >= 15 is 0 Å². The van der Waals surface area contributed by atoms with Gasteiger partial charge in [-0.3, -0.25) is 4.79 Å². The molecule has 0 radical (unpaired) electrons. The van der Waals surface area contributed by atoms with Crippen LogP contribution in [0, 0.1) is 5.41 Å². The van der Waals surface area contributed by atoms with Crippen molar-refractivity contribution in [3.63, 3.8) is 0 Å². The SMILES string of the molecule is O=C(N1CCC1)C1(CO)CCCCC1. The Hall–Kier alpha value is -0.570. The third-order valence-electron chi connectivity index (χ3n) is 3.71. The Morgan fingerprint density at radius 1 is 1.14 bits per heavy atom. The van der Waals surface area contributed by atoms with Crippen LogP contribution in [0.15, 0.2) is 0 Å². The van der Waals surface area contributed by atoms with Crippen LogP contribution in [0.4, 0.5) is 0 Å². The Morgan fingerprint density at radius 2 is 1.79 bits per heavy atom. The lowest BCUT2D eigenvalue weighted by Crippen LogP contribution is -2.52. The predicted molar refractivity (Wildman–Crippen MR) is 53.8 cm³/mol. The van der Waals surface area contributed by atoms with Crippen LogP contribution >= 0.6 is 0 Å². The van der Waals surface area contributed by atoms with Crippen molar-refractivity contribution in [1.82, 2.24) is 4.90 Å². The smallest absolute Gasteiger partial charge is 0.231 e. The van der Waals surface area contributed by atoms with Crippen molar-refractivity contribution in [3.05, 3.63) is 0 Å². The average molecular weight is 197 g/mol. The van der Waals surface area contributed by atoms with E-state index in [1.54, 1.807) is 0 Å². The summed E-state index contributed by atoms with van der Waals surface area (Å²) in [4.78, 5) is 14.0. The minimum absolute atomic E-state index is 0.0440. The van der Waals surface area contributed by atoms with Crippen molar-refractivity contribution < 1.29 is 9.90 Å². The maximum absolute atomic E-state index is 12.1. The highest BCUT2D eigenvalue weighted by molar-refractivity contribution is 5.83. The van der Waals surface area contributed by atoms with Crippen LogP contribution in [0.5, 0.6) is 0 Å². The lowest BCUT2D eigenvalue weighted by Gasteiger charge is -2.42.